The Bertz CT molecular complexity index is 555. The quantitative estimate of drug-likeness (QED) is 0.595. The maximum absolute atomic E-state index is 12.0. The highest BCUT2D eigenvalue weighted by atomic mass is 32.2. The molecule has 0 saturated heterocycles. The lowest BCUT2D eigenvalue weighted by Gasteiger charge is -2.10. The van der Waals surface area contributed by atoms with Crippen molar-refractivity contribution in [2.75, 3.05) is 18.9 Å². The van der Waals surface area contributed by atoms with Crippen molar-refractivity contribution in [3.05, 3.63) is 23.8 Å². The second-order valence-electron chi connectivity index (χ2n) is 3.92. The summed E-state index contributed by atoms with van der Waals surface area (Å²) in [7, 11) is -3.66. The van der Waals surface area contributed by atoms with Crippen LogP contribution < -0.4 is 10.5 Å². The van der Waals surface area contributed by atoms with Gasteiger partial charge in [0, 0.05) is 12.2 Å². The van der Waals surface area contributed by atoms with Crippen LogP contribution in [0.2, 0.25) is 0 Å². The summed E-state index contributed by atoms with van der Waals surface area (Å²) < 4.78 is 31.1. The number of hydrogen-bond acceptors (Lipinski definition) is 5. The minimum absolute atomic E-state index is 0.00456. The fraction of sp³-hybridized carbons (Fsp3) is 0.417. The molecule has 1 aromatic carbocycles. The van der Waals surface area contributed by atoms with Gasteiger partial charge in [-0.15, -0.1) is 0 Å². The molecule has 1 aromatic rings. The fourth-order valence-corrected chi connectivity index (χ4v) is 2.83. The van der Waals surface area contributed by atoms with Gasteiger partial charge in [0.25, 0.3) is 0 Å². The van der Waals surface area contributed by atoms with E-state index in [-0.39, 0.29) is 24.5 Å². The Balaban J connectivity index is 2.72. The topological polar surface area (TPSA) is 98.5 Å². The lowest BCUT2D eigenvalue weighted by atomic mass is 10.2. The average Bonchev–Trinajstić information content (AvgIpc) is 2.32. The summed E-state index contributed by atoms with van der Waals surface area (Å²) >= 11 is 0. The van der Waals surface area contributed by atoms with Crippen LogP contribution in [0, 0.1) is 6.92 Å². The van der Waals surface area contributed by atoms with E-state index in [1.807, 2.05) is 0 Å². The summed E-state index contributed by atoms with van der Waals surface area (Å²) in [5.74, 6) is -0.436. The smallest absolute Gasteiger partial charge is 0.307 e. The Labute approximate surface area is 113 Å². The van der Waals surface area contributed by atoms with Gasteiger partial charge in [-0.3, -0.25) is 4.79 Å². The van der Waals surface area contributed by atoms with Crippen LogP contribution in [0.15, 0.2) is 23.1 Å². The van der Waals surface area contributed by atoms with Crippen molar-refractivity contribution in [2.24, 2.45) is 0 Å². The average molecular weight is 286 g/mol. The molecule has 0 saturated carbocycles. The van der Waals surface area contributed by atoms with Crippen molar-refractivity contribution in [3.63, 3.8) is 0 Å². The molecule has 0 aliphatic carbocycles. The van der Waals surface area contributed by atoms with E-state index in [2.05, 4.69) is 4.72 Å². The molecule has 0 spiro atoms. The van der Waals surface area contributed by atoms with E-state index in [4.69, 9.17) is 10.5 Å². The van der Waals surface area contributed by atoms with Crippen molar-refractivity contribution in [1.29, 1.82) is 0 Å². The molecule has 106 valence electrons. The molecule has 0 bridgehead atoms. The number of rotatable bonds is 6. The van der Waals surface area contributed by atoms with Crippen LogP contribution in [0.5, 0.6) is 0 Å². The number of benzene rings is 1. The standard InChI is InChI=1S/C12H18N2O4S/c1-3-18-12(15)7-8-14-19(16,17)11-6-4-5-10(13)9(11)2/h4-6,14H,3,7-8,13H2,1-2H3. The Morgan fingerprint density at radius 2 is 2.11 bits per heavy atom. The van der Waals surface area contributed by atoms with Gasteiger partial charge in [0.2, 0.25) is 10.0 Å². The highest BCUT2D eigenvalue weighted by Gasteiger charge is 2.17. The number of nitrogens with two attached hydrogens (primary N) is 1. The molecule has 1 rings (SSSR count). The number of esters is 1. The molecule has 0 aromatic heterocycles. The number of hydrogen-bond donors (Lipinski definition) is 2. The lowest BCUT2D eigenvalue weighted by molar-refractivity contribution is -0.142. The van der Waals surface area contributed by atoms with Crippen LogP contribution in [0.3, 0.4) is 0 Å². The molecule has 6 nitrogen and oxygen atoms in total. The first-order valence-corrected chi connectivity index (χ1v) is 7.37. The second kappa shape index (κ2) is 6.53. The number of nitrogens with one attached hydrogen (secondary N) is 1. The van der Waals surface area contributed by atoms with Gasteiger partial charge in [0.15, 0.2) is 0 Å². The van der Waals surface area contributed by atoms with E-state index in [1.165, 1.54) is 6.07 Å². The molecule has 0 aliphatic rings. The molecule has 0 fully saturated rings. The first-order chi connectivity index (χ1) is 8.88. The molecular weight excluding hydrogens is 268 g/mol. The SMILES string of the molecule is CCOC(=O)CCNS(=O)(=O)c1cccc(N)c1C. The van der Waals surface area contributed by atoms with Crippen LogP contribution in [0.25, 0.3) is 0 Å². The van der Waals surface area contributed by atoms with Crippen molar-refractivity contribution in [2.45, 2.75) is 25.2 Å². The number of ether oxygens (including phenoxy) is 1. The van der Waals surface area contributed by atoms with Gasteiger partial charge >= 0.3 is 5.97 Å². The molecule has 0 unspecified atom stereocenters. The molecule has 3 N–H and O–H groups in total. The second-order valence-corrected chi connectivity index (χ2v) is 5.66. The molecule has 0 radical (unpaired) electrons. The molecule has 19 heavy (non-hydrogen) atoms. The normalized spacial score (nSPS) is 11.3. The largest absolute Gasteiger partial charge is 0.466 e. The Morgan fingerprint density at radius 3 is 2.74 bits per heavy atom. The van der Waals surface area contributed by atoms with Gasteiger partial charge in [-0.25, -0.2) is 13.1 Å². The number of carbonyl (C=O) groups excluding carboxylic acids is 1. The van der Waals surface area contributed by atoms with Crippen LogP contribution >= 0.6 is 0 Å². The number of sulfonamides is 1. The third kappa shape index (κ3) is 4.22. The van der Waals surface area contributed by atoms with E-state index in [0.717, 1.165) is 0 Å². The minimum atomic E-state index is -3.66. The van der Waals surface area contributed by atoms with Crippen molar-refractivity contribution in [1.82, 2.24) is 4.72 Å². The van der Waals surface area contributed by atoms with Gasteiger partial charge in [-0.1, -0.05) is 6.07 Å². The fourth-order valence-electron chi connectivity index (χ4n) is 1.52. The summed E-state index contributed by atoms with van der Waals surface area (Å²) in [5.41, 5.74) is 6.57. The Morgan fingerprint density at radius 1 is 1.42 bits per heavy atom. The van der Waals surface area contributed by atoms with Crippen LogP contribution in [0.1, 0.15) is 18.9 Å². The Kier molecular flexibility index (Phi) is 5.31. The highest BCUT2D eigenvalue weighted by Crippen LogP contribution is 2.19. The summed E-state index contributed by atoms with van der Waals surface area (Å²) in [6.07, 6.45) is -0.00552. The molecule has 0 amide bonds. The molecule has 7 heteroatoms. The predicted octanol–water partition coefficient (Wildman–Crippen LogP) is 0.809. The van der Waals surface area contributed by atoms with Crippen molar-refractivity contribution >= 4 is 21.7 Å². The van der Waals surface area contributed by atoms with Crippen molar-refractivity contribution < 1.29 is 17.9 Å². The summed E-state index contributed by atoms with van der Waals surface area (Å²) in [6.45, 7) is 3.60. The third-order valence-corrected chi connectivity index (χ3v) is 4.15. The van der Waals surface area contributed by atoms with Gasteiger partial charge in [0.05, 0.1) is 17.9 Å². The first-order valence-electron chi connectivity index (χ1n) is 5.89. The first kappa shape index (κ1) is 15.5. The summed E-state index contributed by atoms with van der Waals surface area (Å²) in [5, 5.41) is 0. The van der Waals surface area contributed by atoms with Gasteiger partial charge in [0.1, 0.15) is 0 Å². The van der Waals surface area contributed by atoms with Gasteiger partial charge in [-0.05, 0) is 31.5 Å². The van der Waals surface area contributed by atoms with E-state index in [0.29, 0.717) is 11.3 Å². The maximum atomic E-state index is 12.0. The summed E-state index contributed by atoms with van der Waals surface area (Å²) in [6, 6.07) is 4.67. The van der Waals surface area contributed by atoms with E-state index < -0.39 is 16.0 Å². The lowest BCUT2D eigenvalue weighted by Crippen LogP contribution is -2.27. The Hall–Kier alpha value is -1.60. The maximum Gasteiger partial charge on any atom is 0.307 e. The highest BCUT2D eigenvalue weighted by molar-refractivity contribution is 7.89. The zero-order chi connectivity index (χ0) is 14.5. The number of anilines is 1. The monoisotopic (exact) mass is 286 g/mol. The minimum Gasteiger partial charge on any atom is -0.466 e. The van der Waals surface area contributed by atoms with Crippen molar-refractivity contribution in [3.8, 4) is 0 Å². The molecule has 0 atom stereocenters. The number of nitrogen functional groups attached to an aromatic ring is 1. The van der Waals surface area contributed by atoms with Crippen LogP contribution in [-0.2, 0) is 19.6 Å². The molecule has 0 heterocycles. The van der Waals surface area contributed by atoms with E-state index in [1.54, 1.807) is 26.0 Å². The zero-order valence-electron chi connectivity index (χ0n) is 11.0. The van der Waals surface area contributed by atoms with Crippen LogP contribution in [-0.4, -0.2) is 27.5 Å². The molecule has 0 aliphatic heterocycles. The molecular formula is C12H18N2O4S. The van der Waals surface area contributed by atoms with E-state index in [9.17, 15) is 13.2 Å². The summed E-state index contributed by atoms with van der Waals surface area (Å²) in [4.78, 5) is 11.2. The number of carbonyl (C=O) groups is 1. The predicted molar refractivity (Wildman–Crippen MR) is 72.0 cm³/mol. The van der Waals surface area contributed by atoms with E-state index >= 15 is 0 Å². The third-order valence-electron chi connectivity index (χ3n) is 2.54. The zero-order valence-corrected chi connectivity index (χ0v) is 11.8. The van der Waals surface area contributed by atoms with Gasteiger partial charge in [-0.2, -0.15) is 0 Å². The van der Waals surface area contributed by atoms with Crippen LogP contribution in [0.4, 0.5) is 5.69 Å². The van der Waals surface area contributed by atoms with Gasteiger partial charge < -0.3 is 10.5 Å².